The number of likely N-dealkylation sites (tertiary alicyclic amines) is 1. The lowest BCUT2D eigenvalue weighted by molar-refractivity contribution is 0.0729. The number of carbonyl (C=O) groups excluding carboxylic acids is 1. The maximum Gasteiger partial charge on any atom is 0.293 e. The number of nitrogens with zero attached hydrogens (tertiary/aromatic N) is 4. The summed E-state index contributed by atoms with van der Waals surface area (Å²) in [6.07, 6.45) is 1.82. The van der Waals surface area contributed by atoms with Crippen LogP contribution < -0.4 is 5.73 Å². The Labute approximate surface area is 166 Å². The lowest BCUT2D eigenvalue weighted by atomic mass is 10.2. The molecule has 3 aromatic rings. The van der Waals surface area contributed by atoms with Crippen molar-refractivity contribution < 1.29 is 9.18 Å². The van der Waals surface area contributed by atoms with Crippen molar-refractivity contribution in [1.29, 1.82) is 0 Å². The largest absolute Gasteiger partial charge is 0.332 e. The molecule has 0 spiro atoms. The molecule has 1 amide bonds. The van der Waals surface area contributed by atoms with E-state index >= 15 is 0 Å². The van der Waals surface area contributed by atoms with E-state index in [1.165, 1.54) is 28.2 Å². The van der Waals surface area contributed by atoms with Gasteiger partial charge in [-0.15, -0.1) is 28.8 Å². The molecule has 142 valence electrons. The van der Waals surface area contributed by atoms with Crippen LogP contribution in [0.25, 0.3) is 16.4 Å². The average Bonchev–Trinajstić information content (AvgIpc) is 3.40. The van der Waals surface area contributed by atoms with E-state index in [2.05, 4.69) is 10.1 Å². The van der Waals surface area contributed by atoms with Crippen molar-refractivity contribution in [1.82, 2.24) is 19.7 Å². The molecule has 0 radical (unpaired) electrons. The predicted octanol–water partition coefficient (Wildman–Crippen LogP) is 3.12. The van der Waals surface area contributed by atoms with Crippen molar-refractivity contribution in [3.63, 3.8) is 0 Å². The van der Waals surface area contributed by atoms with Gasteiger partial charge in [-0.3, -0.25) is 4.79 Å². The molecule has 9 heteroatoms. The van der Waals surface area contributed by atoms with E-state index in [-0.39, 0.29) is 36.0 Å². The summed E-state index contributed by atoms with van der Waals surface area (Å²) in [6.45, 7) is 1.08. The number of thiophene rings is 1. The molecule has 1 aliphatic heterocycles. The first-order valence-corrected chi connectivity index (χ1v) is 9.33. The Morgan fingerprint density at radius 3 is 2.89 bits per heavy atom. The van der Waals surface area contributed by atoms with E-state index in [4.69, 9.17) is 5.73 Å². The highest BCUT2D eigenvalue weighted by Crippen LogP contribution is 2.27. The molecule has 3 heterocycles. The van der Waals surface area contributed by atoms with Gasteiger partial charge >= 0.3 is 0 Å². The van der Waals surface area contributed by atoms with Gasteiger partial charge in [0.1, 0.15) is 5.82 Å². The SMILES string of the molecule is Cl.NCC1CCCN1C(=O)c1nc(-c2cccs2)n(-c2cccc(F)c2)n1. The van der Waals surface area contributed by atoms with Crippen molar-refractivity contribution >= 4 is 29.7 Å². The van der Waals surface area contributed by atoms with E-state index in [9.17, 15) is 9.18 Å². The smallest absolute Gasteiger partial charge is 0.293 e. The fourth-order valence-electron chi connectivity index (χ4n) is 3.23. The Balaban J connectivity index is 0.00000210. The molecule has 2 N–H and O–H groups in total. The van der Waals surface area contributed by atoms with Gasteiger partial charge in [0.2, 0.25) is 5.82 Å². The van der Waals surface area contributed by atoms with Gasteiger partial charge in [0.05, 0.1) is 10.6 Å². The summed E-state index contributed by atoms with van der Waals surface area (Å²) >= 11 is 1.49. The van der Waals surface area contributed by atoms with Gasteiger partial charge in [-0.05, 0) is 42.5 Å². The van der Waals surface area contributed by atoms with Gasteiger partial charge in [-0.1, -0.05) is 12.1 Å². The predicted molar refractivity (Wildman–Crippen MR) is 105 cm³/mol. The summed E-state index contributed by atoms with van der Waals surface area (Å²) in [6, 6.07) is 9.91. The van der Waals surface area contributed by atoms with Crippen molar-refractivity contribution in [3.05, 3.63) is 53.4 Å². The minimum atomic E-state index is -0.370. The Hall–Kier alpha value is -2.29. The number of nitrogens with two attached hydrogens (primary N) is 1. The van der Waals surface area contributed by atoms with Crippen LogP contribution in [0.3, 0.4) is 0 Å². The summed E-state index contributed by atoms with van der Waals surface area (Å²) in [5.74, 6) is 0.0344. The highest BCUT2D eigenvalue weighted by Gasteiger charge is 2.31. The molecular formula is C18H19ClFN5OS. The number of rotatable bonds is 4. The van der Waals surface area contributed by atoms with Gasteiger partial charge < -0.3 is 10.6 Å². The van der Waals surface area contributed by atoms with Crippen molar-refractivity contribution in [3.8, 4) is 16.4 Å². The Kier molecular flexibility index (Phi) is 5.88. The Morgan fingerprint density at radius 1 is 1.33 bits per heavy atom. The monoisotopic (exact) mass is 407 g/mol. The van der Waals surface area contributed by atoms with E-state index in [0.717, 1.165) is 17.7 Å². The summed E-state index contributed by atoms with van der Waals surface area (Å²) in [5.41, 5.74) is 6.30. The van der Waals surface area contributed by atoms with Gasteiger partial charge in [-0.25, -0.2) is 14.1 Å². The van der Waals surface area contributed by atoms with E-state index in [1.807, 2.05) is 17.5 Å². The van der Waals surface area contributed by atoms with Gasteiger partial charge in [0.25, 0.3) is 5.91 Å². The average molecular weight is 408 g/mol. The molecule has 1 atom stereocenters. The lowest BCUT2D eigenvalue weighted by Gasteiger charge is -2.21. The van der Waals surface area contributed by atoms with Crippen LogP contribution in [0, 0.1) is 5.82 Å². The molecule has 1 fully saturated rings. The first-order valence-electron chi connectivity index (χ1n) is 8.45. The number of hydrogen-bond donors (Lipinski definition) is 1. The molecule has 1 unspecified atom stereocenters. The number of amides is 1. The molecule has 1 aromatic carbocycles. The standard InChI is InChI=1S/C18H18FN5OS.ClH/c19-12-4-1-5-13(10-12)24-17(15-7-3-9-26-15)21-16(22-24)18(25)23-8-2-6-14(23)11-20;/h1,3-5,7,9-10,14H,2,6,8,11,20H2;1H. The van der Waals surface area contributed by atoms with Crippen LogP contribution in [0.4, 0.5) is 4.39 Å². The normalized spacial score (nSPS) is 16.4. The second-order valence-electron chi connectivity index (χ2n) is 6.16. The van der Waals surface area contributed by atoms with E-state index in [1.54, 1.807) is 17.0 Å². The van der Waals surface area contributed by atoms with Gasteiger partial charge in [0.15, 0.2) is 5.82 Å². The lowest BCUT2D eigenvalue weighted by Crippen LogP contribution is -2.40. The summed E-state index contributed by atoms with van der Waals surface area (Å²) in [5, 5.41) is 6.33. The summed E-state index contributed by atoms with van der Waals surface area (Å²) < 4.78 is 15.2. The van der Waals surface area contributed by atoms with Crippen LogP contribution in [0.5, 0.6) is 0 Å². The van der Waals surface area contributed by atoms with Gasteiger partial charge in [-0.2, -0.15) is 0 Å². The number of carbonyl (C=O) groups is 1. The second kappa shape index (κ2) is 8.16. The molecule has 6 nitrogen and oxygen atoms in total. The number of halogens is 2. The molecule has 0 saturated carbocycles. The van der Waals surface area contributed by atoms with Crippen LogP contribution >= 0.6 is 23.7 Å². The van der Waals surface area contributed by atoms with Crippen molar-refractivity contribution in [2.45, 2.75) is 18.9 Å². The minimum Gasteiger partial charge on any atom is -0.332 e. The number of aromatic nitrogens is 3. The Morgan fingerprint density at radius 2 is 2.19 bits per heavy atom. The zero-order valence-corrected chi connectivity index (χ0v) is 16.0. The highest BCUT2D eigenvalue weighted by molar-refractivity contribution is 7.13. The van der Waals surface area contributed by atoms with Crippen LogP contribution in [0.15, 0.2) is 41.8 Å². The molecule has 0 aliphatic carbocycles. The summed E-state index contributed by atoms with van der Waals surface area (Å²) in [7, 11) is 0. The first-order chi connectivity index (χ1) is 12.7. The van der Waals surface area contributed by atoms with Crippen LogP contribution in [-0.4, -0.2) is 44.7 Å². The van der Waals surface area contributed by atoms with E-state index < -0.39 is 0 Å². The van der Waals surface area contributed by atoms with E-state index in [0.29, 0.717) is 24.6 Å². The second-order valence-corrected chi connectivity index (χ2v) is 7.11. The highest BCUT2D eigenvalue weighted by atomic mass is 35.5. The fraction of sp³-hybridized carbons (Fsp3) is 0.278. The third-order valence-electron chi connectivity index (χ3n) is 4.50. The maximum atomic E-state index is 13.7. The molecule has 27 heavy (non-hydrogen) atoms. The Bertz CT molecular complexity index is 930. The van der Waals surface area contributed by atoms with Gasteiger partial charge in [0, 0.05) is 19.1 Å². The minimum absolute atomic E-state index is 0. The topological polar surface area (TPSA) is 77.0 Å². The third kappa shape index (κ3) is 3.73. The van der Waals surface area contributed by atoms with Crippen molar-refractivity contribution in [2.24, 2.45) is 5.73 Å². The molecule has 2 aromatic heterocycles. The third-order valence-corrected chi connectivity index (χ3v) is 5.37. The molecule has 1 saturated heterocycles. The number of hydrogen-bond acceptors (Lipinski definition) is 5. The number of benzene rings is 1. The fourth-order valence-corrected chi connectivity index (χ4v) is 3.93. The molecule has 1 aliphatic rings. The van der Waals surface area contributed by atoms with Crippen LogP contribution in [-0.2, 0) is 0 Å². The zero-order valence-electron chi connectivity index (χ0n) is 14.4. The quantitative estimate of drug-likeness (QED) is 0.720. The summed E-state index contributed by atoms with van der Waals surface area (Å²) in [4.78, 5) is 20.0. The van der Waals surface area contributed by atoms with Crippen molar-refractivity contribution in [2.75, 3.05) is 13.1 Å². The maximum absolute atomic E-state index is 13.7. The molecular weight excluding hydrogens is 389 g/mol. The van der Waals surface area contributed by atoms with Crippen LogP contribution in [0.2, 0.25) is 0 Å². The zero-order chi connectivity index (χ0) is 18.1. The molecule has 4 rings (SSSR count). The first kappa shape index (κ1) is 19.5. The van der Waals surface area contributed by atoms with Crippen LogP contribution in [0.1, 0.15) is 23.5 Å². The molecule has 0 bridgehead atoms.